The average Bonchev–Trinajstić information content (AvgIpc) is 2.36. The molecule has 0 spiro atoms. The molecule has 0 aromatic heterocycles. The van der Waals surface area contributed by atoms with Crippen LogP contribution >= 0.6 is 34.8 Å². The van der Waals surface area contributed by atoms with E-state index in [-0.39, 0.29) is 0 Å². The fraction of sp³-hybridized carbons (Fsp3) is 0.500. The molecule has 94 valence electrons. The lowest BCUT2D eigenvalue weighted by Crippen LogP contribution is -2.08. The zero-order chi connectivity index (χ0) is 13.1. The Hall–Kier alpha value is 0.0500. The second kappa shape index (κ2) is 11.5. The highest BCUT2D eigenvalue weighted by molar-refractivity contribution is 6.42. The van der Waals surface area contributed by atoms with Crippen LogP contribution in [0.2, 0.25) is 10.0 Å². The Morgan fingerprint density at radius 2 is 1.62 bits per heavy atom. The Kier molecular flexibility index (Phi) is 13.3. The van der Waals surface area contributed by atoms with Crippen LogP contribution in [0.15, 0.2) is 18.2 Å². The summed E-state index contributed by atoms with van der Waals surface area (Å²) in [5.74, 6) is 0.333. The van der Waals surface area contributed by atoms with E-state index in [9.17, 15) is 0 Å². The summed E-state index contributed by atoms with van der Waals surface area (Å²) in [5.41, 5.74) is 6.65. The van der Waals surface area contributed by atoms with Gasteiger partial charge in [0.1, 0.15) is 0 Å². The van der Waals surface area contributed by atoms with Crippen LogP contribution in [0.25, 0.3) is 0 Å². The highest BCUT2D eigenvalue weighted by atomic mass is 35.5. The molecule has 0 radical (unpaired) electrons. The fourth-order valence-electron chi connectivity index (χ4n) is 0.955. The Morgan fingerprint density at radius 1 is 1.12 bits per heavy atom. The largest absolute Gasteiger partial charge is 0.330 e. The van der Waals surface area contributed by atoms with E-state index >= 15 is 0 Å². The molecule has 0 fully saturated rings. The third-order valence-corrected chi connectivity index (χ3v) is 2.61. The Balaban J connectivity index is 0. The molecule has 0 amide bonds. The number of nitrogens with two attached hydrogens (primary N) is 1. The average molecular weight is 285 g/mol. The van der Waals surface area contributed by atoms with Crippen molar-refractivity contribution in [3.05, 3.63) is 33.8 Å². The molecule has 1 aromatic carbocycles. The summed E-state index contributed by atoms with van der Waals surface area (Å²) < 4.78 is 0. The molecule has 1 rings (SSSR count). The van der Waals surface area contributed by atoms with Gasteiger partial charge in [-0.25, -0.2) is 0 Å². The second-order valence-electron chi connectivity index (χ2n) is 2.81. The SMILES string of the molecule is CC.CC(CN)c1ccc(Cl)c(Cl)c1.CCl. The van der Waals surface area contributed by atoms with Crippen LogP contribution in [0.4, 0.5) is 0 Å². The van der Waals surface area contributed by atoms with Crippen LogP contribution < -0.4 is 5.73 Å². The minimum Gasteiger partial charge on any atom is -0.330 e. The molecule has 0 aliphatic heterocycles. The second-order valence-corrected chi connectivity index (χ2v) is 3.62. The van der Waals surface area contributed by atoms with E-state index < -0.39 is 0 Å². The van der Waals surface area contributed by atoms with Crippen molar-refractivity contribution in [2.75, 3.05) is 12.9 Å². The Morgan fingerprint density at radius 3 is 2.00 bits per heavy atom. The lowest BCUT2D eigenvalue weighted by atomic mass is 10.0. The molecule has 1 aromatic rings. The van der Waals surface area contributed by atoms with Crippen molar-refractivity contribution in [1.82, 2.24) is 0 Å². The molecule has 2 N–H and O–H groups in total. The minimum absolute atomic E-state index is 0.333. The maximum absolute atomic E-state index is 5.84. The van der Waals surface area contributed by atoms with Crippen LogP contribution in [0.1, 0.15) is 32.3 Å². The van der Waals surface area contributed by atoms with Crippen molar-refractivity contribution < 1.29 is 0 Å². The first kappa shape index (κ1) is 18.4. The fourth-order valence-corrected chi connectivity index (χ4v) is 1.26. The van der Waals surface area contributed by atoms with E-state index in [2.05, 4.69) is 18.5 Å². The van der Waals surface area contributed by atoms with Gasteiger partial charge in [0, 0.05) is 6.38 Å². The highest BCUT2D eigenvalue weighted by Gasteiger charge is 2.04. The molecule has 16 heavy (non-hydrogen) atoms. The van der Waals surface area contributed by atoms with Crippen molar-refractivity contribution in [2.24, 2.45) is 5.73 Å². The quantitative estimate of drug-likeness (QED) is 0.765. The zero-order valence-corrected chi connectivity index (χ0v) is 12.5. The third kappa shape index (κ3) is 6.59. The molecule has 0 saturated heterocycles. The minimum atomic E-state index is 0.333. The lowest BCUT2D eigenvalue weighted by Gasteiger charge is -2.09. The van der Waals surface area contributed by atoms with Gasteiger partial charge in [0.15, 0.2) is 0 Å². The number of hydrogen-bond donors (Lipinski definition) is 1. The van der Waals surface area contributed by atoms with Crippen molar-refractivity contribution >= 4 is 34.8 Å². The monoisotopic (exact) mass is 283 g/mol. The number of rotatable bonds is 2. The first-order valence-corrected chi connectivity index (χ1v) is 6.69. The number of hydrogen-bond acceptors (Lipinski definition) is 1. The van der Waals surface area contributed by atoms with Gasteiger partial charge in [-0.15, -0.1) is 11.6 Å². The molecule has 0 aliphatic rings. The Bertz CT molecular complexity index is 277. The lowest BCUT2D eigenvalue weighted by molar-refractivity contribution is 0.774. The highest BCUT2D eigenvalue weighted by Crippen LogP contribution is 2.25. The topological polar surface area (TPSA) is 26.0 Å². The van der Waals surface area contributed by atoms with E-state index in [0.717, 1.165) is 5.56 Å². The van der Waals surface area contributed by atoms with Crippen LogP contribution in [0, 0.1) is 0 Å². The summed E-state index contributed by atoms with van der Waals surface area (Å²) in [6.45, 7) is 6.68. The van der Waals surface area contributed by atoms with E-state index in [0.29, 0.717) is 22.5 Å². The van der Waals surface area contributed by atoms with Crippen LogP contribution in [-0.2, 0) is 0 Å². The van der Waals surface area contributed by atoms with E-state index in [1.807, 2.05) is 26.0 Å². The van der Waals surface area contributed by atoms with Crippen LogP contribution in [-0.4, -0.2) is 12.9 Å². The predicted molar refractivity (Wildman–Crippen MR) is 77.1 cm³/mol. The van der Waals surface area contributed by atoms with Gasteiger partial charge in [0.05, 0.1) is 10.0 Å². The molecule has 1 atom stereocenters. The van der Waals surface area contributed by atoms with E-state index in [1.165, 1.54) is 6.38 Å². The first-order chi connectivity index (χ1) is 7.65. The van der Waals surface area contributed by atoms with Gasteiger partial charge in [-0.3, -0.25) is 0 Å². The van der Waals surface area contributed by atoms with Gasteiger partial charge >= 0.3 is 0 Å². The Labute approximate surface area is 114 Å². The number of alkyl halides is 1. The maximum Gasteiger partial charge on any atom is 0.0595 e. The smallest absolute Gasteiger partial charge is 0.0595 e. The molecule has 1 unspecified atom stereocenters. The predicted octanol–water partition coefficient (Wildman–Crippen LogP) is 4.94. The molecule has 1 nitrogen and oxygen atoms in total. The summed E-state index contributed by atoms with van der Waals surface area (Å²) >= 11 is 16.2. The zero-order valence-electron chi connectivity index (χ0n) is 10.2. The van der Waals surface area contributed by atoms with Gasteiger partial charge in [-0.1, -0.05) is 50.0 Å². The molecule has 0 bridgehead atoms. The van der Waals surface area contributed by atoms with Crippen molar-refractivity contribution in [3.8, 4) is 0 Å². The molecule has 0 heterocycles. The van der Waals surface area contributed by atoms with Crippen LogP contribution in [0.5, 0.6) is 0 Å². The van der Waals surface area contributed by atoms with E-state index in [4.69, 9.17) is 28.9 Å². The number of halogens is 3. The number of benzene rings is 1. The summed E-state index contributed by atoms with van der Waals surface area (Å²) in [7, 11) is 0. The van der Waals surface area contributed by atoms with Crippen molar-refractivity contribution in [1.29, 1.82) is 0 Å². The van der Waals surface area contributed by atoms with Gasteiger partial charge in [0.25, 0.3) is 0 Å². The molecule has 0 aliphatic carbocycles. The van der Waals surface area contributed by atoms with Gasteiger partial charge in [0.2, 0.25) is 0 Å². The molecular formula is C12H20Cl3N. The van der Waals surface area contributed by atoms with Crippen LogP contribution in [0.3, 0.4) is 0 Å². The van der Waals surface area contributed by atoms with E-state index in [1.54, 1.807) is 6.07 Å². The first-order valence-electron chi connectivity index (χ1n) is 5.18. The van der Waals surface area contributed by atoms with Gasteiger partial charge in [-0.2, -0.15) is 0 Å². The molecule has 4 heteroatoms. The van der Waals surface area contributed by atoms with Crippen molar-refractivity contribution in [3.63, 3.8) is 0 Å². The summed E-state index contributed by atoms with van der Waals surface area (Å²) in [6, 6.07) is 5.61. The summed E-state index contributed by atoms with van der Waals surface area (Å²) in [6.07, 6.45) is 1.47. The normalized spacial score (nSPS) is 10.5. The third-order valence-electron chi connectivity index (χ3n) is 1.87. The van der Waals surface area contributed by atoms with Gasteiger partial charge < -0.3 is 5.73 Å². The summed E-state index contributed by atoms with van der Waals surface area (Å²) in [4.78, 5) is 0. The molecule has 0 saturated carbocycles. The summed E-state index contributed by atoms with van der Waals surface area (Å²) in [5, 5.41) is 1.18. The standard InChI is InChI=1S/C9H11Cl2N.C2H6.CH3Cl/c1-6(5-12)7-2-3-8(10)9(11)4-7;2*1-2/h2-4,6H,5,12H2,1H3;1-2H3;1H3. The maximum atomic E-state index is 5.84. The van der Waals surface area contributed by atoms with Gasteiger partial charge in [-0.05, 0) is 30.2 Å². The molecular weight excluding hydrogens is 264 g/mol. The van der Waals surface area contributed by atoms with Crippen molar-refractivity contribution in [2.45, 2.75) is 26.7 Å².